The van der Waals surface area contributed by atoms with Crippen LogP contribution >= 0.6 is 0 Å². The minimum Gasteiger partial charge on any atom is -0.357 e. The second-order valence-electron chi connectivity index (χ2n) is 4.92. The van der Waals surface area contributed by atoms with E-state index in [0.717, 1.165) is 17.0 Å². The van der Waals surface area contributed by atoms with Gasteiger partial charge in [0.25, 0.3) is 0 Å². The summed E-state index contributed by atoms with van der Waals surface area (Å²) in [4.78, 5) is 5.87. The largest absolute Gasteiger partial charge is 0.357 e. The van der Waals surface area contributed by atoms with Gasteiger partial charge >= 0.3 is 0 Å². The van der Waals surface area contributed by atoms with Gasteiger partial charge in [0.2, 0.25) is 0 Å². The molecule has 0 aromatic heterocycles. The topological polar surface area (TPSA) is 24.5 Å². The van der Waals surface area contributed by atoms with Gasteiger partial charge in [-0.05, 0) is 29.0 Å². The normalized spacial score (nSPS) is 13.7. The average Bonchev–Trinajstić information content (AvgIpc) is 3.05. The van der Waals surface area contributed by atoms with Crippen molar-refractivity contribution in [3.63, 3.8) is 0 Å². The molecule has 1 heterocycles. The SMILES string of the molecule is C1=C(c2ccc3ccccc3c2)ON(c2ccccc2)N1. The van der Waals surface area contributed by atoms with E-state index in [9.17, 15) is 0 Å². The highest BCUT2D eigenvalue weighted by atomic mass is 16.7. The molecule has 0 spiro atoms. The van der Waals surface area contributed by atoms with E-state index in [4.69, 9.17) is 4.84 Å². The summed E-state index contributed by atoms with van der Waals surface area (Å²) in [5.74, 6) is 0.810. The van der Waals surface area contributed by atoms with E-state index in [1.807, 2.05) is 48.7 Å². The Morgan fingerprint density at radius 2 is 1.52 bits per heavy atom. The van der Waals surface area contributed by atoms with Crippen molar-refractivity contribution >= 4 is 22.2 Å². The number of para-hydroxylation sites is 1. The lowest BCUT2D eigenvalue weighted by Crippen LogP contribution is -2.27. The Bertz CT molecular complexity index is 812. The average molecular weight is 274 g/mol. The van der Waals surface area contributed by atoms with Gasteiger partial charge < -0.3 is 4.84 Å². The van der Waals surface area contributed by atoms with Crippen LogP contribution in [0.2, 0.25) is 0 Å². The Kier molecular flexibility index (Phi) is 2.75. The van der Waals surface area contributed by atoms with Crippen molar-refractivity contribution in [3.8, 4) is 0 Å². The number of hydrogen-bond acceptors (Lipinski definition) is 3. The molecule has 0 amide bonds. The molecule has 1 N–H and O–H groups in total. The van der Waals surface area contributed by atoms with Gasteiger partial charge in [-0.1, -0.05) is 54.6 Å². The van der Waals surface area contributed by atoms with Gasteiger partial charge in [0.05, 0.1) is 11.9 Å². The predicted molar refractivity (Wildman–Crippen MR) is 85.1 cm³/mol. The maximum Gasteiger partial charge on any atom is 0.182 e. The van der Waals surface area contributed by atoms with Crippen LogP contribution in [0.4, 0.5) is 5.69 Å². The predicted octanol–water partition coefficient (Wildman–Crippen LogP) is 4.09. The summed E-state index contributed by atoms with van der Waals surface area (Å²) < 4.78 is 0. The summed E-state index contributed by atoms with van der Waals surface area (Å²) in [7, 11) is 0. The molecule has 0 radical (unpaired) electrons. The van der Waals surface area contributed by atoms with E-state index >= 15 is 0 Å². The maximum absolute atomic E-state index is 5.87. The van der Waals surface area contributed by atoms with Crippen molar-refractivity contribution in [2.45, 2.75) is 0 Å². The first-order valence-corrected chi connectivity index (χ1v) is 6.89. The van der Waals surface area contributed by atoms with Crippen LogP contribution in [-0.2, 0) is 4.84 Å². The molecule has 1 aliphatic rings. The first-order chi connectivity index (χ1) is 10.4. The minimum absolute atomic E-state index is 0.810. The Morgan fingerprint density at radius 3 is 2.38 bits per heavy atom. The van der Waals surface area contributed by atoms with Crippen LogP contribution in [0.5, 0.6) is 0 Å². The third-order valence-corrected chi connectivity index (χ3v) is 3.53. The maximum atomic E-state index is 5.87. The molecular weight excluding hydrogens is 260 g/mol. The van der Waals surface area contributed by atoms with Crippen LogP contribution in [0, 0.1) is 0 Å². The van der Waals surface area contributed by atoms with Gasteiger partial charge in [-0.2, -0.15) is 0 Å². The highest BCUT2D eigenvalue weighted by Gasteiger charge is 2.17. The molecule has 0 saturated carbocycles. The first kappa shape index (κ1) is 11.9. The van der Waals surface area contributed by atoms with Gasteiger partial charge in [-0.3, -0.25) is 5.43 Å². The second kappa shape index (κ2) is 4.87. The molecule has 3 nitrogen and oxygen atoms in total. The Balaban J connectivity index is 1.62. The smallest absolute Gasteiger partial charge is 0.182 e. The highest BCUT2D eigenvalue weighted by molar-refractivity contribution is 5.85. The summed E-state index contributed by atoms with van der Waals surface area (Å²) in [6, 6.07) is 24.6. The lowest BCUT2D eigenvalue weighted by molar-refractivity contribution is 0.243. The van der Waals surface area contributed by atoms with Gasteiger partial charge in [-0.25, -0.2) is 0 Å². The minimum atomic E-state index is 0.810. The molecule has 3 aromatic rings. The van der Waals surface area contributed by atoms with Crippen molar-refractivity contribution in [1.29, 1.82) is 0 Å². The molecule has 4 rings (SSSR count). The van der Waals surface area contributed by atoms with E-state index < -0.39 is 0 Å². The Hall–Kier alpha value is -2.94. The highest BCUT2D eigenvalue weighted by Crippen LogP contribution is 2.27. The molecule has 21 heavy (non-hydrogen) atoms. The van der Waals surface area contributed by atoms with Gasteiger partial charge in [0.15, 0.2) is 5.76 Å². The zero-order valence-electron chi connectivity index (χ0n) is 11.4. The number of rotatable bonds is 2. The van der Waals surface area contributed by atoms with Crippen LogP contribution in [0.15, 0.2) is 79.0 Å². The van der Waals surface area contributed by atoms with Crippen LogP contribution in [-0.4, -0.2) is 0 Å². The van der Waals surface area contributed by atoms with E-state index in [1.165, 1.54) is 10.8 Å². The lowest BCUT2D eigenvalue weighted by Gasteiger charge is -2.17. The number of benzene rings is 3. The zero-order valence-corrected chi connectivity index (χ0v) is 11.4. The number of anilines is 1. The first-order valence-electron chi connectivity index (χ1n) is 6.89. The summed E-state index contributed by atoms with van der Waals surface area (Å²) in [5, 5.41) is 4.09. The molecule has 0 aliphatic carbocycles. The fourth-order valence-electron chi connectivity index (χ4n) is 2.44. The van der Waals surface area contributed by atoms with Crippen LogP contribution in [0.25, 0.3) is 16.5 Å². The molecule has 0 bridgehead atoms. The summed E-state index contributed by atoms with van der Waals surface area (Å²) >= 11 is 0. The Morgan fingerprint density at radius 1 is 0.762 bits per heavy atom. The number of fused-ring (bicyclic) bond motifs is 1. The molecule has 0 saturated heterocycles. The second-order valence-corrected chi connectivity index (χ2v) is 4.92. The molecule has 0 fully saturated rings. The van der Waals surface area contributed by atoms with Crippen molar-refractivity contribution in [2.24, 2.45) is 0 Å². The van der Waals surface area contributed by atoms with Crippen LogP contribution < -0.4 is 10.6 Å². The summed E-state index contributed by atoms with van der Waals surface area (Å²) in [6.45, 7) is 0. The van der Waals surface area contributed by atoms with Crippen molar-refractivity contribution in [1.82, 2.24) is 5.43 Å². The van der Waals surface area contributed by atoms with Crippen molar-refractivity contribution < 1.29 is 4.84 Å². The zero-order chi connectivity index (χ0) is 14.1. The molecule has 102 valence electrons. The number of nitrogens with one attached hydrogen (secondary N) is 1. The molecule has 0 unspecified atom stereocenters. The van der Waals surface area contributed by atoms with E-state index in [0.29, 0.717) is 0 Å². The quantitative estimate of drug-likeness (QED) is 0.761. The third-order valence-electron chi connectivity index (χ3n) is 3.53. The van der Waals surface area contributed by atoms with E-state index in [-0.39, 0.29) is 0 Å². The number of nitrogens with zero attached hydrogens (tertiary/aromatic N) is 1. The fourth-order valence-corrected chi connectivity index (χ4v) is 2.44. The summed E-state index contributed by atoms with van der Waals surface area (Å²) in [6.07, 6.45) is 1.87. The molecule has 1 aliphatic heterocycles. The van der Waals surface area contributed by atoms with E-state index in [1.54, 1.807) is 5.17 Å². The fraction of sp³-hybridized carbons (Fsp3) is 0. The molecule has 3 aromatic carbocycles. The third kappa shape index (κ3) is 2.19. The summed E-state index contributed by atoms with van der Waals surface area (Å²) in [5.41, 5.74) is 5.14. The molecular formula is C18H14N2O. The van der Waals surface area contributed by atoms with E-state index in [2.05, 4.69) is 35.8 Å². The lowest BCUT2D eigenvalue weighted by atomic mass is 10.1. The van der Waals surface area contributed by atoms with Crippen LogP contribution in [0.1, 0.15) is 5.56 Å². The van der Waals surface area contributed by atoms with Crippen LogP contribution in [0.3, 0.4) is 0 Å². The molecule has 3 heteroatoms. The van der Waals surface area contributed by atoms with Gasteiger partial charge in [-0.15, -0.1) is 5.17 Å². The number of hydrazine groups is 1. The molecule has 0 atom stereocenters. The standard InChI is InChI=1S/C18H14N2O/c1-2-8-17(9-3-1)20-19-13-18(21-20)16-11-10-14-6-4-5-7-15(14)12-16/h1-13,19H. The van der Waals surface area contributed by atoms with Gasteiger partial charge in [0.1, 0.15) is 0 Å². The Labute approximate surface area is 123 Å². The van der Waals surface area contributed by atoms with Crippen molar-refractivity contribution in [2.75, 3.05) is 5.17 Å². The monoisotopic (exact) mass is 274 g/mol. The number of hydrogen-bond donors (Lipinski definition) is 1. The van der Waals surface area contributed by atoms with Crippen molar-refractivity contribution in [3.05, 3.63) is 84.6 Å². The van der Waals surface area contributed by atoms with Gasteiger partial charge in [0, 0.05) is 5.56 Å².